The van der Waals surface area contributed by atoms with Gasteiger partial charge in [0.25, 0.3) is 0 Å². The molecule has 0 aliphatic heterocycles. The predicted octanol–water partition coefficient (Wildman–Crippen LogP) is 4.55. The predicted molar refractivity (Wildman–Crippen MR) is 122 cm³/mol. The van der Waals surface area contributed by atoms with Crippen molar-refractivity contribution in [3.8, 4) is 0 Å². The van der Waals surface area contributed by atoms with E-state index < -0.39 is 0 Å². The first-order chi connectivity index (χ1) is 12.1. The Kier molecular flexibility index (Phi) is 8.16. The van der Waals surface area contributed by atoms with Gasteiger partial charge in [0.05, 0.1) is 10.7 Å². The number of aryl methyl sites for hydroxylation is 1. The maximum absolute atomic E-state index is 6.03. The van der Waals surface area contributed by atoms with E-state index in [1.807, 2.05) is 26.1 Å². The van der Waals surface area contributed by atoms with Crippen LogP contribution in [-0.4, -0.2) is 31.1 Å². The van der Waals surface area contributed by atoms with Crippen LogP contribution in [0.5, 0.6) is 0 Å². The standard InChI is InChI=1S/C19H25ClN4S.HI/c1-14-24-17(12-25-14)8-11-22-18(21-2)23-13-19(9-3-10-19)15-4-6-16(20)7-5-15;/h4-7,12H,3,8-11,13H2,1-2H3,(H2,21,22,23);1H. The van der Waals surface area contributed by atoms with Crippen molar-refractivity contribution in [2.75, 3.05) is 20.1 Å². The Morgan fingerprint density at radius 3 is 2.54 bits per heavy atom. The van der Waals surface area contributed by atoms with Gasteiger partial charge in [-0.2, -0.15) is 0 Å². The summed E-state index contributed by atoms with van der Waals surface area (Å²) in [6.45, 7) is 3.76. The lowest BCUT2D eigenvalue weighted by Crippen LogP contribution is -2.49. The minimum absolute atomic E-state index is 0. The Morgan fingerprint density at radius 1 is 1.27 bits per heavy atom. The van der Waals surface area contributed by atoms with E-state index in [9.17, 15) is 0 Å². The molecule has 1 heterocycles. The van der Waals surface area contributed by atoms with Gasteiger partial charge in [0.15, 0.2) is 5.96 Å². The maximum atomic E-state index is 6.03. The third kappa shape index (κ3) is 5.33. The molecule has 2 aromatic rings. The minimum atomic E-state index is 0. The summed E-state index contributed by atoms with van der Waals surface area (Å²) >= 11 is 7.73. The molecule has 1 fully saturated rings. The maximum Gasteiger partial charge on any atom is 0.191 e. The van der Waals surface area contributed by atoms with Crippen molar-refractivity contribution in [1.29, 1.82) is 0 Å². The smallest absolute Gasteiger partial charge is 0.191 e. The lowest BCUT2D eigenvalue weighted by atomic mass is 9.64. The summed E-state index contributed by atoms with van der Waals surface area (Å²) in [5.74, 6) is 0.854. The number of aliphatic imine (C=N–C) groups is 1. The van der Waals surface area contributed by atoms with Crippen molar-refractivity contribution in [3.63, 3.8) is 0 Å². The SMILES string of the molecule is CN=C(NCCc1csc(C)n1)NCC1(c2ccc(Cl)cc2)CCC1.I. The molecule has 0 radical (unpaired) electrons. The third-order valence-electron chi connectivity index (χ3n) is 4.93. The molecule has 142 valence electrons. The number of nitrogens with zero attached hydrogens (tertiary/aromatic N) is 2. The van der Waals surface area contributed by atoms with Crippen LogP contribution in [0.2, 0.25) is 5.02 Å². The van der Waals surface area contributed by atoms with Gasteiger partial charge in [-0.05, 0) is 37.5 Å². The fraction of sp³-hybridized carbons (Fsp3) is 0.474. The van der Waals surface area contributed by atoms with E-state index in [4.69, 9.17) is 11.6 Å². The molecule has 26 heavy (non-hydrogen) atoms. The molecule has 1 saturated carbocycles. The summed E-state index contributed by atoms with van der Waals surface area (Å²) in [4.78, 5) is 8.84. The van der Waals surface area contributed by atoms with Crippen LogP contribution < -0.4 is 10.6 Å². The lowest BCUT2D eigenvalue weighted by Gasteiger charge is -2.43. The van der Waals surface area contributed by atoms with E-state index in [0.717, 1.165) is 41.2 Å². The molecular formula is C19H26ClIN4S. The first-order valence-corrected chi connectivity index (χ1v) is 9.99. The monoisotopic (exact) mass is 504 g/mol. The molecule has 0 unspecified atom stereocenters. The van der Waals surface area contributed by atoms with Gasteiger partial charge in [0.1, 0.15) is 0 Å². The quantitative estimate of drug-likeness (QED) is 0.345. The number of benzene rings is 1. The van der Waals surface area contributed by atoms with Crippen molar-refractivity contribution >= 4 is 52.9 Å². The van der Waals surface area contributed by atoms with Crippen LogP contribution in [-0.2, 0) is 11.8 Å². The zero-order valence-corrected chi connectivity index (χ0v) is 19.1. The second-order valence-electron chi connectivity index (χ2n) is 6.60. The molecular weight excluding hydrogens is 479 g/mol. The normalized spacial score (nSPS) is 15.7. The van der Waals surface area contributed by atoms with Gasteiger partial charge in [-0.1, -0.05) is 30.2 Å². The second kappa shape index (κ2) is 9.90. The first kappa shape index (κ1) is 21.4. The van der Waals surface area contributed by atoms with Crippen molar-refractivity contribution < 1.29 is 0 Å². The minimum Gasteiger partial charge on any atom is -0.356 e. The molecule has 1 aromatic carbocycles. The molecule has 4 nitrogen and oxygen atoms in total. The van der Waals surface area contributed by atoms with Crippen LogP contribution >= 0.6 is 46.9 Å². The molecule has 2 N–H and O–H groups in total. The van der Waals surface area contributed by atoms with Crippen molar-refractivity contribution in [3.05, 3.63) is 50.9 Å². The Labute approximate surface area is 181 Å². The number of halogens is 2. The van der Waals surface area contributed by atoms with Gasteiger partial charge in [0, 0.05) is 42.4 Å². The average molecular weight is 505 g/mol. The van der Waals surface area contributed by atoms with Crippen LogP contribution in [0.15, 0.2) is 34.6 Å². The van der Waals surface area contributed by atoms with Gasteiger partial charge in [-0.15, -0.1) is 35.3 Å². The van der Waals surface area contributed by atoms with Gasteiger partial charge < -0.3 is 10.6 Å². The fourth-order valence-electron chi connectivity index (χ4n) is 3.28. The highest BCUT2D eigenvalue weighted by atomic mass is 127. The largest absolute Gasteiger partial charge is 0.356 e. The lowest BCUT2D eigenvalue weighted by molar-refractivity contribution is 0.244. The van der Waals surface area contributed by atoms with Crippen LogP contribution in [0.4, 0.5) is 0 Å². The van der Waals surface area contributed by atoms with Crippen LogP contribution in [0.1, 0.15) is 35.5 Å². The van der Waals surface area contributed by atoms with E-state index >= 15 is 0 Å². The first-order valence-electron chi connectivity index (χ1n) is 8.73. The number of nitrogens with one attached hydrogen (secondary N) is 2. The summed E-state index contributed by atoms with van der Waals surface area (Å²) in [5.41, 5.74) is 2.71. The zero-order chi connectivity index (χ0) is 17.7. The van der Waals surface area contributed by atoms with Crippen molar-refractivity contribution in [1.82, 2.24) is 15.6 Å². The Morgan fingerprint density at radius 2 is 2.00 bits per heavy atom. The average Bonchev–Trinajstić information content (AvgIpc) is 2.99. The molecule has 1 aromatic heterocycles. The molecule has 7 heteroatoms. The van der Waals surface area contributed by atoms with Crippen LogP contribution in [0, 0.1) is 6.92 Å². The molecule has 1 aliphatic carbocycles. The number of rotatable bonds is 6. The highest BCUT2D eigenvalue weighted by Gasteiger charge is 2.38. The summed E-state index contributed by atoms with van der Waals surface area (Å²) in [7, 11) is 1.82. The second-order valence-corrected chi connectivity index (χ2v) is 8.10. The molecule has 0 amide bonds. The summed E-state index contributed by atoms with van der Waals surface area (Å²) in [6.07, 6.45) is 4.60. The van der Waals surface area contributed by atoms with E-state index in [1.54, 1.807) is 11.3 Å². The molecule has 1 aliphatic rings. The topological polar surface area (TPSA) is 49.3 Å². The summed E-state index contributed by atoms with van der Waals surface area (Å²) in [5, 5.41) is 10.9. The number of aromatic nitrogens is 1. The Bertz CT molecular complexity index is 725. The van der Waals surface area contributed by atoms with Crippen LogP contribution in [0.25, 0.3) is 0 Å². The van der Waals surface area contributed by atoms with Crippen molar-refractivity contribution in [2.24, 2.45) is 4.99 Å². The number of hydrogen-bond acceptors (Lipinski definition) is 3. The third-order valence-corrected chi connectivity index (χ3v) is 6.00. The molecule has 0 saturated heterocycles. The number of hydrogen-bond donors (Lipinski definition) is 2. The van der Waals surface area contributed by atoms with E-state index in [2.05, 4.69) is 38.1 Å². The van der Waals surface area contributed by atoms with E-state index in [1.165, 1.54) is 24.8 Å². The summed E-state index contributed by atoms with van der Waals surface area (Å²) < 4.78 is 0. The van der Waals surface area contributed by atoms with Gasteiger partial charge in [-0.3, -0.25) is 4.99 Å². The number of thiazole rings is 1. The molecule has 3 rings (SSSR count). The highest BCUT2D eigenvalue weighted by molar-refractivity contribution is 14.0. The van der Waals surface area contributed by atoms with Gasteiger partial charge in [0.2, 0.25) is 0 Å². The zero-order valence-electron chi connectivity index (χ0n) is 15.2. The Balaban J connectivity index is 0.00000243. The fourth-order valence-corrected chi connectivity index (χ4v) is 4.05. The highest BCUT2D eigenvalue weighted by Crippen LogP contribution is 2.43. The van der Waals surface area contributed by atoms with E-state index in [0.29, 0.717) is 0 Å². The van der Waals surface area contributed by atoms with E-state index in [-0.39, 0.29) is 29.4 Å². The molecule has 0 atom stereocenters. The van der Waals surface area contributed by atoms with Gasteiger partial charge in [-0.25, -0.2) is 4.98 Å². The molecule has 0 bridgehead atoms. The van der Waals surface area contributed by atoms with Crippen LogP contribution in [0.3, 0.4) is 0 Å². The number of guanidine groups is 1. The van der Waals surface area contributed by atoms with Gasteiger partial charge >= 0.3 is 0 Å². The summed E-state index contributed by atoms with van der Waals surface area (Å²) in [6, 6.07) is 8.29. The Hall–Kier alpha value is -0.860. The van der Waals surface area contributed by atoms with Crippen molar-refractivity contribution in [2.45, 2.75) is 38.0 Å². The molecule has 0 spiro atoms.